The van der Waals surface area contributed by atoms with Crippen molar-refractivity contribution < 1.29 is 39.7 Å². The number of non-ortho nitro benzene ring substituents is 1. The second-order valence-electron chi connectivity index (χ2n) is 12.0. The number of nitrogens with two attached hydrogens (primary N) is 1. The number of nitrogens with one attached hydrogen (secondary N) is 2. The number of benzene rings is 2. The van der Waals surface area contributed by atoms with E-state index in [1.165, 1.54) is 29.2 Å². The van der Waals surface area contributed by atoms with E-state index in [1.807, 2.05) is 0 Å². The second-order valence-corrected chi connectivity index (χ2v) is 12.0. The third-order valence-corrected chi connectivity index (χ3v) is 8.84. The first-order valence-corrected chi connectivity index (χ1v) is 14.2. The van der Waals surface area contributed by atoms with Gasteiger partial charge in [-0.05, 0) is 56.6 Å². The minimum atomic E-state index is -2.75. The molecule has 0 unspecified atom stereocenters. The summed E-state index contributed by atoms with van der Waals surface area (Å²) in [6, 6.07) is 6.06. The zero-order valence-electron chi connectivity index (χ0n) is 25.5. The van der Waals surface area contributed by atoms with Gasteiger partial charge in [0.1, 0.15) is 22.9 Å². The summed E-state index contributed by atoms with van der Waals surface area (Å²) in [5, 5.41) is 62.5. The van der Waals surface area contributed by atoms with Crippen LogP contribution in [-0.4, -0.2) is 87.6 Å². The highest BCUT2D eigenvalue weighted by molar-refractivity contribution is 6.25. The molecule has 2 aromatic carbocycles. The molecule has 0 bridgehead atoms. The zero-order chi connectivity index (χ0) is 34.0. The van der Waals surface area contributed by atoms with Gasteiger partial charge in [0, 0.05) is 49.1 Å². The molecule has 0 heterocycles. The maximum atomic E-state index is 14.2. The molecule has 8 N–H and O–H groups in total. The van der Waals surface area contributed by atoms with Crippen LogP contribution in [0.15, 0.2) is 65.4 Å². The lowest BCUT2D eigenvalue weighted by Crippen LogP contribution is -2.63. The number of allylic oxidation sites excluding steroid dienone is 1. The standard InChI is InChI=1S/C31H34N6O9/c1-13(33-15-6-8-16(9-7-15)37(45)46)34-19-12-20(35(2)3)17-10-14-11-18-24(36(4)5)27(40)23(30(32)43)29(42)31(18,44)28(41)21(14)26(39)22(17)25(19)38/h6-9,12,14,18,24,33-34,38,40-41,44H,1,10-11H2,2-5H3,(H2,32,43)/t14-,18-,24-,31-/m1/s1. The van der Waals surface area contributed by atoms with E-state index >= 15 is 0 Å². The number of phenols is 1. The van der Waals surface area contributed by atoms with E-state index in [1.54, 1.807) is 39.2 Å². The normalized spacial score (nSPS) is 23.8. The molecule has 242 valence electrons. The molecule has 3 aliphatic rings. The molecule has 1 amide bonds. The molecule has 15 heteroatoms. The van der Waals surface area contributed by atoms with Crippen molar-refractivity contribution in [2.75, 3.05) is 43.7 Å². The van der Waals surface area contributed by atoms with Crippen molar-refractivity contribution in [2.24, 2.45) is 17.6 Å². The van der Waals surface area contributed by atoms with Crippen LogP contribution in [-0.2, 0) is 16.0 Å². The van der Waals surface area contributed by atoms with Gasteiger partial charge in [-0.1, -0.05) is 6.58 Å². The number of ketones is 2. The molecule has 0 fully saturated rings. The van der Waals surface area contributed by atoms with E-state index in [4.69, 9.17) is 5.73 Å². The predicted molar refractivity (Wildman–Crippen MR) is 167 cm³/mol. The number of Topliss-reactive ketones (excluding diaryl/α,β-unsaturated/α-hetero) is 2. The van der Waals surface area contributed by atoms with Gasteiger partial charge in [-0.3, -0.25) is 29.4 Å². The van der Waals surface area contributed by atoms with E-state index in [0.717, 1.165) is 0 Å². The van der Waals surface area contributed by atoms with Crippen molar-refractivity contribution >= 4 is 40.2 Å². The third-order valence-electron chi connectivity index (χ3n) is 8.84. The fraction of sp³-hybridized carbons (Fsp3) is 0.323. The summed E-state index contributed by atoms with van der Waals surface area (Å²) in [6.07, 6.45) is 0.0905. The number of rotatable bonds is 8. The number of nitrogens with zero attached hydrogens (tertiary/aromatic N) is 3. The molecule has 3 aliphatic carbocycles. The van der Waals surface area contributed by atoms with E-state index in [9.17, 15) is 44.9 Å². The predicted octanol–water partition coefficient (Wildman–Crippen LogP) is 2.09. The van der Waals surface area contributed by atoms with Crippen molar-refractivity contribution in [3.63, 3.8) is 0 Å². The number of hydrogen-bond acceptors (Lipinski definition) is 13. The van der Waals surface area contributed by atoms with Crippen LogP contribution in [0, 0.1) is 22.0 Å². The van der Waals surface area contributed by atoms with Gasteiger partial charge in [0.25, 0.3) is 11.6 Å². The highest BCUT2D eigenvalue weighted by Crippen LogP contribution is 2.54. The molecular weight excluding hydrogens is 600 g/mol. The Morgan fingerprint density at radius 1 is 1.11 bits per heavy atom. The average molecular weight is 635 g/mol. The number of nitro groups is 1. The minimum absolute atomic E-state index is 0.0324. The van der Waals surface area contributed by atoms with Crippen LogP contribution in [0.5, 0.6) is 5.75 Å². The van der Waals surface area contributed by atoms with Crippen LogP contribution < -0.4 is 21.3 Å². The molecule has 4 atom stereocenters. The van der Waals surface area contributed by atoms with Gasteiger partial charge in [0.2, 0.25) is 5.78 Å². The number of primary amides is 1. The summed E-state index contributed by atoms with van der Waals surface area (Å²) in [5.74, 6) is -7.23. The number of aliphatic hydroxyl groups is 3. The fourth-order valence-corrected chi connectivity index (χ4v) is 6.83. The van der Waals surface area contributed by atoms with Gasteiger partial charge in [-0.15, -0.1) is 0 Å². The first-order chi connectivity index (χ1) is 21.5. The fourth-order valence-electron chi connectivity index (χ4n) is 6.83. The molecule has 2 aromatic rings. The monoisotopic (exact) mass is 634 g/mol. The van der Waals surface area contributed by atoms with Gasteiger partial charge >= 0.3 is 0 Å². The highest BCUT2D eigenvalue weighted by atomic mass is 16.6. The summed E-state index contributed by atoms with van der Waals surface area (Å²) < 4.78 is 0. The molecule has 0 aromatic heterocycles. The number of amides is 1. The van der Waals surface area contributed by atoms with Gasteiger partial charge in [-0.2, -0.15) is 0 Å². The molecule has 46 heavy (non-hydrogen) atoms. The number of nitro benzene ring substituents is 1. The first-order valence-electron chi connectivity index (χ1n) is 14.2. The largest absolute Gasteiger partial charge is 0.510 e. The van der Waals surface area contributed by atoms with E-state index < -0.39 is 68.7 Å². The SMILES string of the molecule is C=C(Nc1ccc([N+](=O)[O-])cc1)Nc1cc(N(C)C)c2c(c1O)C(=O)C1=C(O)[C@@]3(O)C(=O)C(C(N)=O)=C(O)[C@H](N(C)C)[C@H]3C[C@H]1C2. The third kappa shape index (κ3) is 4.80. The maximum absolute atomic E-state index is 14.2. The molecule has 0 saturated carbocycles. The van der Waals surface area contributed by atoms with E-state index in [0.29, 0.717) is 16.9 Å². The Morgan fingerprint density at radius 2 is 1.74 bits per heavy atom. The lowest BCUT2D eigenvalue weighted by molar-refractivity contribution is -0.384. The van der Waals surface area contributed by atoms with Crippen molar-refractivity contribution in [3.05, 3.63) is 86.6 Å². The number of hydrogen-bond donors (Lipinski definition) is 7. The number of likely N-dealkylation sites (N-methyl/N-ethyl adjacent to an activating group) is 1. The van der Waals surface area contributed by atoms with Crippen LogP contribution in [0.1, 0.15) is 22.3 Å². The molecule has 5 rings (SSSR count). The van der Waals surface area contributed by atoms with Gasteiger partial charge in [-0.25, -0.2) is 0 Å². The molecule has 0 aliphatic heterocycles. The number of fused-ring (bicyclic) bond motifs is 3. The van der Waals surface area contributed by atoms with Crippen molar-refractivity contribution in [3.8, 4) is 5.75 Å². The van der Waals surface area contributed by atoms with Crippen LogP contribution in [0.4, 0.5) is 22.7 Å². The van der Waals surface area contributed by atoms with Crippen molar-refractivity contribution in [2.45, 2.75) is 24.5 Å². The number of aromatic hydroxyl groups is 1. The average Bonchev–Trinajstić information content (AvgIpc) is 2.96. The van der Waals surface area contributed by atoms with E-state index in [2.05, 4.69) is 17.2 Å². The first kappa shape index (κ1) is 32.0. The molecule has 0 spiro atoms. The maximum Gasteiger partial charge on any atom is 0.269 e. The summed E-state index contributed by atoms with van der Waals surface area (Å²) in [5.41, 5.74) is 2.74. The Morgan fingerprint density at radius 3 is 2.28 bits per heavy atom. The van der Waals surface area contributed by atoms with Gasteiger partial charge in [0.15, 0.2) is 17.1 Å². The summed E-state index contributed by atoms with van der Waals surface area (Å²) >= 11 is 0. The van der Waals surface area contributed by atoms with Crippen molar-refractivity contribution in [1.29, 1.82) is 0 Å². The Kier molecular flexibility index (Phi) is 7.78. The number of carbonyl (C=O) groups excluding carboxylic acids is 3. The number of aliphatic hydroxyl groups excluding tert-OH is 2. The Bertz CT molecular complexity index is 1780. The number of phenolic OH excluding ortho intramolecular Hbond substituents is 1. The van der Waals surface area contributed by atoms with Crippen molar-refractivity contribution in [1.82, 2.24) is 4.90 Å². The van der Waals surface area contributed by atoms with Crippen LogP contribution >= 0.6 is 0 Å². The van der Waals surface area contributed by atoms with Crippen LogP contribution in [0.2, 0.25) is 0 Å². The number of carbonyl (C=O) groups is 3. The molecular formula is C31H34N6O9. The Balaban J connectivity index is 1.58. The molecule has 0 saturated heterocycles. The molecule has 0 radical (unpaired) electrons. The number of anilines is 3. The minimum Gasteiger partial charge on any atom is -0.510 e. The molecule has 15 nitrogen and oxygen atoms in total. The van der Waals surface area contributed by atoms with E-state index in [-0.39, 0.29) is 41.2 Å². The second kappa shape index (κ2) is 11.2. The quantitative estimate of drug-likeness (QED) is 0.0955. The van der Waals surface area contributed by atoms with Crippen LogP contribution in [0.3, 0.4) is 0 Å². The Labute approximate surface area is 263 Å². The highest BCUT2D eigenvalue weighted by Gasteiger charge is 2.63. The lowest BCUT2D eigenvalue weighted by atomic mass is 9.58. The van der Waals surface area contributed by atoms with Crippen LogP contribution in [0.25, 0.3) is 0 Å². The summed E-state index contributed by atoms with van der Waals surface area (Å²) in [4.78, 5) is 53.6. The van der Waals surface area contributed by atoms with Gasteiger partial charge in [0.05, 0.1) is 22.2 Å². The lowest BCUT2D eigenvalue weighted by Gasteiger charge is -2.50. The van der Waals surface area contributed by atoms with Gasteiger partial charge < -0.3 is 41.7 Å². The smallest absolute Gasteiger partial charge is 0.269 e. The zero-order valence-corrected chi connectivity index (χ0v) is 25.5. The summed E-state index contributed by atoms with van der Waals surface area (Å²) in [7, 11) is 6.61. The summed E-state index contributed by atoms with van der Waals surface area (Å²) in [6.45, 7) is 3.89. The topological polar surface area (TPSA) is 232 Å². The Hall–Kier alpha value is -5.41.